The smallest absolute Gasteiger partial charge is 0.328 e. The molecule has 1 aromatic carbocycles. The number of nitrogens with one attached hydrogen (secondary N) is 1. The Balaban J connectivity index is 2.60. The highest BCUT2D eigenvalue weighted by Gasteiger charge is 2.26. The van der Waals surface area contributed by atoms with Crippen LogP contribution in [0.2, 0.25) is 0 Å². The number of methoxy groups -OCH3 is 2. The van der Waals surface area contributed by atoms with Crippen LogP contribution >= 0.6 is 0 Å². The Bertz CT molecular complexity index is 548. The molecule has 24 heavy (non-hydrogen) atoms. The van der Waals surface area contributed by atoms with E-state index in [9.17, 15) is 9.59 Å². The first-order valence-electron chi connectivity index (χ1n) is 8.09. The first-order valence-corrected chi connectivity index (χ1v) is 8.09. The Morgan fingerprint density at radius 3 is 2.58 bits per heavy atom. The molecule has 0 saturated carbocycles. The summed E-state index contributed by atoms with van der Waals surface area (Å²) in [6, 6.07) is 7.09. The van der Waals surface area contributed by atoms with Gasteiger partial charge in [0.25, 0.3) is 0 Å². The topological polar surface area (TPSA) is 67.9 Å². The van der Waals surface area contributed by atoms with Crippen molar-refractivity contribution in [3.8, 4) is 5.75 Å². The number of esters is 1. The highest BCUT2D eigenvalue weighted by atomic mass is 16.5. The van der Waals surface area contributed by atoms with Crippen molar-refractivity contribution in [1.29, 1.82) is 0 Å². The molecular formula is C18H28N2O4. The molecule has 6 nitrogen and oxygen atoms in total. The zero-order valence-corrected chi connectivity index (χ0v) is 15.2. The zero-order valence-electron chi connectivity index (χ0n) is 15.2. The molecule has 0 bridgehead atoms. The molecule has 0 aromatic heterocycles. The van der Waals surface area contributed by atoms with Crippen LogP contribution in [0, 0.1) is 5.92 Å². The molecule has 1 amide bonds. The van der Waals surface area contributed by atoms with E-state index in [1.165, 1.54) is 7.11 Å². The molecule has 0 saturated heterocycles. The van der Waals surface area contributed by atoms with Crippen LogP contribution in [0.15, 0.2) is 24.3 Å². The Hall–Kier alpha value is -2.08. The number of nitrogens with zero attached hydrogens (tertiary/aromatic N) is 1. The Kier molecular flexibility index (Phi) is 8.26. The second kappa shape index (κ2) is 9.93. The van der Waals surface area contributed by atoms with Crippen LogP contribution in [-0.4, -0.2) is 50.6 Å². The molecule has 0 fully saturated rings. The Morgan fingerprint density at radius 2 is 2.00 bits per heavy atom. The van der Waals surface area contributed by atoms with Gasteiger partial charge < -0.3 is 14.8 Å². The van der Waals surface area contributed by atoms with E-state index in [-0.39, 0.29) is 18.4 Å². The third-order valence-electron chi connectivity index (χ3n) is 3.98. The summed E-state index contributed by atoms with van der Waals surface area (Å²) in [7, 11) is 4.81. The molecule has 0 spiro atoms. The molecule has 0 aliphatic carbocycles. The van der Waals surface area contributed by atoms with Gasteiger partial charge in [0.15, 0.2) is 0 Å². The van der Waals surface area contributed by atoms with Crippen LogP contribution in [0.1, 0.15) is 25.8 Å². The van der Waals surface area contributed by atoms with Crippen LogP contribution in [0.25, 0.3) is 0 Å². The summed E-state index contributed by atoms with van der Waals surface area (Å²) in [5.41, 5.74) is 1.05. The van der Waals surface area contributed by atoms with Gasteiger partial charge in [-0.25, -0.2) is 4.79 Å². The van der Waals surface area contributed by atoms with Gasteiger partial charge in [-0.2, -0.15) is 0 Å². The molecule has 1 rings (SSSR count). The van der Waals surface area contributed by atoms with Gasteiger partial charge in [0, 0.05) is 6.54 Å². The summed E-state index contributed by atoms with van der Waals surface area (Å²) < 4.78 is 9.98. The van der Waals surface area contributed by atoms with E-state index in [1.807, 2.05) is 50.1 Å². The van der Waals surface area contributed by atoms with Crippen molar-refractivity contribution in [2.24, 2.45) is 5.92 Å². The number of hydrogen-bond donors (Lipinski definition) is 1. The maximum atomic E-state index is 12.2. The third kappa shape index (κ3) is 6.20. The average molecular weight is 336 g/mol. The minimum Gasteiger partial charge on any atom is -0.497 e. The second-order valence-corrected chi connectivity index (χ2v) is 5.98. The first kappa shape index (κ1) is 20.0. The summed E-state index contributed by atoms with van der Waals surface area (Å²) in [6.07, 6.45) is 0.777. The summed E-state index contributed by atoms with van der Waals surface area (Å²) >= 11 is 0. The number of likely N-dealkylation sites (N-methyl/N-ethyl adjacent to an activating group) is 1. The molecule has 0 radical (unpaired) electrons. The van der Waals surface area contributed by atoms with Gasteiger partial charge in [-0.3, -0.25) is 9.69 Å². The SMILES string of the molecule is CCC(C)C(NC(=O)CN(C)Cc1cccc(OC)c1)C(=O)OC. The molecule has 1 N–H and O–H groups in total. The van der Waals surface area contributed by atoms with Crippen molar-refractivity contribution >= 4 is 11.9 Å². The molecule has 0 heterocycles. The Morgan fingerprint density at radius 1 is 1.29 bits per heavy atom. The molecule has 0 aliphatic rings. The van der Waals surface area contributed by atoms with Crippen LogP contribution < -0.4 is 10.1 Å². The van der Waals surface area contributed by atoms with Crippen molar-refractivity contribution in [3.63, 3.8) is 0 Å². The average Bonchev–Trinajstić information content (AvgIpc) is 2.58. The van der Waals surface area contributed by atoms with Crippen LogP contribution in [0.4, 0.5) is 0 Å². The van der Waals surface area contributed by atoms with Crippen LogP contribution in [0.5, 0.6) is 5.75 Å². The number of ether oxygens (including phenoxy) is 2. The predicted molar refractivity (Wildman–Crippen MR) is 92.7 cm³/mol. The van der Waals surface area contributed by atoms with E-state index in [2.05, 4.69) is 5.32 Å². The van der Waals surface area contributed by atoms with E-state index in [4.69, 9.17) is 9.47 Å². The predicted octanol–water partition coefficient (Wildman–Crippen LogP) is 1.83. The lowest BCUT2D eigenvalue weighted by atomic mass is 9.99. The van der Waals surface area contributed by atoms with Gasteiger partial charge in [-0.1, -0.05) is 32.4 Å². The lowest BCUT2D eigenvalue weighted by molar-refractivity contribution is -0.146. The fourth-order valence-corrected chi connectivity index (χ4v) is 2.40. The van der Waals surface area contributed by atoms with E-state index < -0.39 is 12.0 Å². The fraction of sp³-hybridized carbons (Fsp3) is 0.556. The van der Waals surface area contributed by atoms with Crippen molar-refractivity contribution in [1.82, 2.24) is 10.2 Å². The first-order chi connectivity index (χ1) is 11.4. The fourth-order valence-electron chi connectivity index (χ4n) is 2.40. The molecule has 2 atom stereocenters. The highest BCUT2D eigenvalue weighted by Crippen LogP contribution is 2.14. The molecule has 0 aliphatic heterocycles. The summed E-state index contributed by atoms with van der Waals surface area (Å²) in [5.74, 6) is 0.196. The Labute approximate surface area is 144 Å². The maximum Gasteiger partial charge on any atom is 0.328 e. The van der Waals surface area contributed by atoms with Gasteiger partial charge in [0.1, 0.15) is 11.8 Å². The third-order valence-corrected chi connectivity index (χ3v) is 3.98. The summed E-state index contributed by atoms with van der Waals surface area (Å²) in [6.45, 7) is 4.70. The van der Waals surface area contributed by atoms with Crippen molar-refractivity contribution in [3.05, 3.63) is 29.8 Å². The van der Waals surface area contributed by atoms with Gasteiger partial charge in [-0.05, 0) is 30.7 Å². The minimum atomic E-state index is -0.613. The van der Waals surface area contributed by atoms with Gasteiger partial charge in [-0.15, -0.1) is 0 Å². The normalized spacial score (nSPS) is 13.2. The molecule has 134 valence electrons. The van der Waals surface area contributed by atoms with Crippen molar-refractivity contribution < 1.29 is 19.1 Å². The number of benzene rings is 1. The monoisotopic (exact) mass is 336 g/mol. The van der Waals surface area contributed by atoms with Gasteiger partial charge in [0.2, 0.25) is 5.91 Å². The van der Waals surface area contributed by atoms with Crippen LogP contribution in [-0.2, 0) is 20.9 Å². The molecule has 6 heteroatoms. The zero-order chi connectivity index (χ0) is 18.1. The second-order valence-electron chi connectivity index (χ2n) is 5.98. The lowest BCUT2D eigenvalue weighted by Gasteiger charge is -2.23. The largest absolute Gasteiger partial charge is 0.497 e. The lowest BCUT2D eigenvalue weighted by Crippen LogP contribution is -2.48. The van der Waals surface area contributed by atoms with Gasteiger partial charge in [0.05, 0.1) is 20.8 Å². The van der Waals surface area contributed by atoms with E-state index in [0.29, 0.717) is 6.54 Å². The van der Waals surface area contributed by atoms with Crippen molar-refractivity contribution in [2.75, 3.05) is 27.8 Å². The van der Waals surface area contributed by atoms with Gasteiger partial charge >= 0.3 is 5.97 Å². The molecule has 2 unspecified atom stereocenters. The number of carbonyl (C=O) groups excluding carboxylic acids is 2. The highest BCUT2D eigenvalue weighted by molar-refractivity contribution is 5.85. The minimum absolute atomic E-state index is 0.0186. The van der Waals surface area contributed by atoms with Crippen molar-refractivity contribution in [2.45, 2.75) is 32.9 Å². The van der Waals surface area contributed by atoms with E-state index in [1.54, 1.807) is 7.11 Å². The van der Waals surface area contributed by atoms with E-state index in [0.717, 1.165) is 17.7 Å². The summed E-state index contributed by atoms with van der Waals surface area (Å²) in [4.78, 5) is 25.9. The maximum absolute atomic E-state index is 12.2. The number of rotatable bonds is 9. The van der Waals surface area contributed by atoms with Crippen LogP contribution in [0.3, 0.4) is 0 Å². The summed E-state index contributed by atoms with van der Waals surface area (Å²) in [5, 5.41) is 2.78. The number of amides is 1. The quantitative estimate of drug-likeness (QED) is 0.697. The number of hydrogen-bond acceptors (Lipinski definition) is 5. The standard InChI is InChI=1S/C18H28N2O4/c1-6-13(2)17(18(22)24-5)19-16(21)12-20(3)11-14-8-7-9-15(10-14)23-4/h7-10,13,17H,6,11-12H2,1-5H3,(H,19,21). The number of carbonyl (C=O) groups is 2. The molecular weight excluding hydrogens is 308 g/mol. The van der Waals surface area contributed by atoms with E-state index >= 15 is 0 Å². The molecule has 1 aromatic rings.